The van der Waals surface area contributed by atoms with Crippen molar-refractivity contribution in [3.8, 4) is 0 Å². The molecule has 0 aromatic carbocycles. The summed E-state index contributed by atoms with van der Waals surface area (Å²) in [6.45, 7) is 8.94. The van der Waals surface area contributed by atoms with Gasteiger partial charge in [0.1, 0.15) is 0 Å². The first-order valence-electron chi connectivity index (χ1n) is 2.43. The minimum atomic E-state index is 0.694. The smallest absolute Gasteiger partial charge is 0.0337 e. The van der Waals surface area contributed by atoms with Crippen molar-refractivity contribution in [2.24, 2.45) is 5.73 Å². The Morgan fingerprint density at radius 2 is 1.88 bits per heavy atom. The molecule has 2 N–H and O–H groups in total. The molecular formula is C7H11N. The van der Waals surface area contributed by atoms with Gasteiger partial charge in [0.2, 0.25) is 0 Å². The Labute approximate surface area is 50.2 Å². The first-order chi connectivity index (χ1) is 3.72. The van der Waals surface area contributed by atoms with Crippen molar-refractivity contribution in [1.82, 2.24) is 0 Å². The molecule has 0 heterocycles. The molecule has 1 heteroatoms. The summed E-state index contributed by atoms with van der Waals surface area (Å²) < 4.78 is 0. The van der Waals surface area contributed by atoms with Crippen LogP contribution in [0.4, 0.5) is 0 Å². The van der Waals surface area contributed by atoms with Crippen molar-refractivity contribution in [2.45, 2.75) is 6.92 Å². The van der Waals surface area contributed by atoms with Crippen LogP contribution in [0.2, 0.25) is 0 Å². The van der Waals surface area contributed by atoms with Gasteiger partial charge in [0.15, 0.2) is 0 Å². The molecule has 0 unspecified atom stereocenters. The second-order valence-corrected chi connectivity index (χ2v) is 1.55. The molecule has 0 saturated carbocycles. The lowest BCUT2D eigenvalue weighted by molar-refractivity contribution is 1.33. The van der Waals surface area contributed by atoms with E-state index >= 15 is 0 Å². The van der Waals surface area contributed by atoms with E-state index in [1.165, 1.54) is 0 Å². The highest BCUT2D eigenvalue weighted by molar-refractivity contribution is 5.26. The Balaban J connectivity index is 4.25. The fourth-order valence-electron chi connectivity index (χ4n) is 0.279. The lowest BCUT2D eigenvalue weighted by Gasteiger charge is -1.92. The first kappa shape index (κ1) is 7.02. The van der Waals surface area contributed by atoms with Crippen LogP contribution in [-0.2, 0) is 0 Å². The van der Waals surface area contributed by atoms with Gasteiger partial charge < -0.3 is 5.73 Å². The van der Waals surface area contributed by atoms with Crippen LogP contribution in [0.15, 0.2) is 36.6 Å². The molecule has 0 saturated heterocycles. The van der Waals surface area contributed by atoms with Crippen molar-refractivity contribution < 1.29 is 0 Å². The maximum atomic E-state index is 5.42. The van der Waals surface area contributed by atoms with E-state index in [1.54, 1.807) is 12.2 Å². The molecule has 8 heavy (non-hydrogen) atoms. The SMILES string of the molecule is C=C/C(C)=C(/N)C=C. The van der Waals surface area contributed by atoms with Crippen LogP contribution in [0.25, 0.3) is 0 Å². The maximum Gasteiger partial charge on any atom is 0.0337 e. The van der Waals surface area contributed by atoms with Gasteiger partial charge in [-0.25, -0.2) is 0 Å². The third-order valence-electron chi connectivity index (χ3n) is 0.981. The Hall–Kier alpha value is -0.980. The largest absolute Gasteiger partial charge is 0.399 e. The van der Waals surface area contributed by atoms with E-state index in [2.05, 4.69) is 13.2 Å². The summed E-state index contributed by atoms with van der Waals surface area (Å²) in [5, 5.41) is 0. The van der Waals surface area contributed by atoms with Gasteiger partial charge in [-0.1, -0.05) is 19.2 Å². The topological polar surface area (TPSA) is 26.0 Å². The van der Waals surface area contributed by atoms with Gasteiger partial charge in [0.05, 0.1) is 0 Å². The van der Waals surface area contributed by atoms with E-state index in [0.717, 1.165) is 5.57 Å². The van der Waals surface area contributed by atoms with E-state index in [9.17, 15) is 0 Å². The van der Waals surface area contributed by atoms with Crippen LogP contribution in [0, 0.1) is 0 Å². The second-order valence-electron chi connectivity index (χ2n) is 1.55. The summed E-state index contributed by atoms with van der Waals surface area (Å²) in [6, 6.07) is 0. The number of hydrogen-bond acceptors (Lipinski definition) is 1. The predicted molar refractivity (Wildman–Crippen MR) is 37.3 cm³/mol. The third-order valence-corrected chi connectivity index (χ3v) is 0.981. The zero-order valence-electron chi connectivity index (χ0n) is 5.15. The van der Waals surface area contributed by atoms with Crippen molar-refractivity contribution in [3.05, 3.63) is 36.6 Å². The molecule has 0 spiro atoms. The van der Waals surface area contributed by atoms with Crippen LogP contribution < -0.4 is 5.73 Å². The molecule has 0 aromatic heterocycles. The molecule has 0 radical (unpaired) electrons. The summed E-state index contributed by atoms with van der Waals surface area (Å²) in [4.78, 5) is 0. The average molecular weight is 109 g/mol. The molecule has 44 valence electrons. The molecule has 0 aliphatic heterocycles. The van der Waals surface area contributed by atoms with E-state index in [-0.39, 0.29) is 0 Å². The summed E-state index contributed by atoms with van der Waals surface area (Å²) in [6.07, 6.45) is 3.31. The van der Waals surface area contributed by atoms with Gasteiger partial charge in [0.25, 0.3) is 0 Å². The van der Waals surface area contributed by atoms with Crippen molar-refractivity contribution in [2.75, 3.05) is 0 Å². The molecule has 1 nitrogen and oxygen atoms in total. The number of rotatable bonds is 2. The monoisotopic (exact) mass is 109 g/mol. The molecule has 0 atom stereocenters. The Kier molecular flexibility index (Phi) is 2.70. The number of allylic oxidation sites excluding steroid dienone is 3. The van der Waals surface area contributed by atoms with Gasteiger partial charge in [-0.05, 0) is 18.6 Å². The minimum absolute atomic E-state index is 0.694. The van der Waals surface area contributed by atoms with Crippen LogP contribution in [0.1, 0.15) is 6.92 Å². The zero-order chi connectivity index (χ0) is 6.57. The quantitative estimate of drug-likeness (QED) is 0.535. The summed E-state index contributed by atoms with van der Waals surface area (Å²) >= 11 is 0. The van der Waals surface area contributed by atoms with Crippen molar-refractivity contribution >= 4 is 0 Å². The second kappa shape index (κ2) is 3.08. The van der Waals surface area contributed by atoms with Crippen LogP contribution in [0.5, 0.6) is 0 Å². The van der Waals surface area contributed by atoms with Gasteiger partial charge in [0, 0.05) is 5.70 Å². The van der Waals surface area contributed by atoms with Crippen LogP contribution in [-0.4, -0.2) is 0 Å². The maximum absolute atomic E-state index is 5.42. The average Bonchev–Trinajstić information content (AvgIpc) is 1.84. The fourth-order valence-corrected chi connectivity index (χ4v) is 0.279. The van der Waals surface area contributed by atoms with Gasteiger partial charge in [-0.3, -0.25) is 0 Å². The highest BCUT2D eigenvalue weighted by Gasteiger charge is 1.83. The van der Waals surface area contributed by atoms with Crippen molar-refractivity contribution in [1.29, 1.82) is 0 Å². The van der Waals surface area contributed by atoms with Gasteiger partial charge in [-0.15, -0.1) is 0 Å². The highest BCUT2D eigenvalue weighted by atomic mass is 14.6. The molecule has 0 aliphatic rings. The summed E-state index contributed by atoms with van der Waals surface area (Å²) in [7, 11) is 0. The Bertz CT molecular complexity index is 115. The van der Waals surface area contributed by atoms with Gasteiger partial charge in [-0.2, -0.15) is 0 Å². The van der Waals surface area contributed by atoms with E-state index in [4.69, 9.17) is 5.73 Å². The standard InChI is InChI=1S/C7H11N/c1-4-6(3)7(8)5-2/h4-5H,1-2,8H2,3H3/b7-6+. The Morgan fingerprint density at radius 3 is 2.00 bits per heavy atom. The molecule has 0 rings (SSSR count). The number of nitrogens with two attached hydrogens (primary N) is 1. The van der Waals surface area contributed by atoms with E-state index < -0.39 is 0 Å². The van der Waals surface area contributed by atoms with Gasteiger partial charge >= 0.3 is 0 Å². The third kappa shape index (κ3) is 1.65. The van der Waals surface area contributed by atoms with E-state index in [1.807, 2.05) is 6.92 Å². The molecular weight excluding hydrogens is 98.1 g/mol. The van der Waals surface area contributed by atoms with Crippen molar-refractivity contribution in [3.63, 3.8) is 0 Å². The summed E-state index contributed by atoms with van der Waals surface area (Å²) in [5.74, 6) is 0. The molecule has 0 bridgehead atoms. The van der Waals surface area contributed by atoms with E-state index in [0.29, 0.717) is 5.70 Å². The number of hydrogen-bond donors (Lipinski definition) is 1. The lowest BCUT2D eigenvalue weighted by atomic mass is 10.2. The minimum Gasteiger partial charge on any atom is -0.399 e. The highest BCUT2D eigenvalue weighted by Crippen LogP contribution is 1.97. The zero-order valence-corrected chi connectivity index (χ0v) is 5.15. The fraction of sp³-hybridized carbons (Fsp3) is 0.143. The molecule has 0 amide bonds. The predicted octanol–water partition coefficient (Wildman–Crippen LogP) is 1.59. The normalized spacial score (nSPS) is 12.1. The molecule has 0 fully saturated rings. The summed E-state index contributed by atoms with van der Waals surface area (Å²) in [5.41, 5.74) is 7.08. The first-order valence-corrected chi connectivity index (χ1v) is 2.43. The molecule has 0 aliphatic carbocycles. The van der Waals surface area contributed by atoms with Crippen LogP contribution >= 0.6 is 0 Å². The van der Waals surface area contributed by atoms with Crippen LogP contribution in [0.3, 0.4) is 0 Å². The molecule has 0 aromatic rings. The lowest BCUT2D eigenvalue weighted by Crippen LogP contribution is -1.94. The Morgan fingerprint density at radius 1 is 1.38 bits per heavy atom.